The van der Waals surface area contributed by atoms with Crippen LogP contribution in [0.1, 0.15) is 33.1 Å². The molecule has 2 heteroatoms. The van der Waals surface area contributed by atoms with Crippen molar-refractivity contribution in [1.82, 2.24) is 10.2 Å². The summed E-state index contributed by atoms with van der Waals surface area (Å²) in [5.41, 5.74) is 0. The van der Waals surface area contributed by atoms with Gasteiger partial charge in [-0.15, -0.1) is 0 Å². The predicted octanol–water partition coefficient (Wildman–Crippen LogP) is 1.72. The average molecular weight is 196 g/mol. The molecule has 2 saturated heterocycles. The third-order valence-electron chi connectivity index (χ3n) is 3.86. The molecule has 0 aromatic heterocycles. The largest absolute Gasteiger partial charge is 0.317 e. The van der Waals surface area contributed by atoms with Gasteiger partial charge in [-0.25, -0.2) is 0 Å². The third-order valence-corrected chi connectivity index (χ3v) is 3.86. The van der Waals surface area contributed by atoms with E-state index in [1.54, 1.807) is 0 Å². The molecule has 0 spiro atoms. The monoisotopic (exact) mass is 196 g/mol. The van der Waals surface area contributed by atoms with Crippen molar-refractivity contribution in [3.8, 4) is 0 Å². The van der Waals surface area contributed by atoms with Gasteiger partial charge in [-0.2, -0.15) is 0 Å². The van der Waals surface area contributed by atoms with E-state index in [0.717, 1.165) is 17.9 Å². The minimum absolute atomic E-state index is 0.833. The molecule has 0 amide bonds. The van der Waals surface area contributed by atoms with E-state index in [1.807, 2.05) is 0 Å². The van der Waals surface area contributed by atoms with Gasteiger partial charge in [-0.3, -0.25) is 0 Å². The molecule has 2 unspecified atom stereocenters. The highest BCUT2D eigenvalue weighted by Gasteiger charge is 2.28. The zero-order valence-electron chi connectivity index (χ0n) is 9.63. The summed E-state index contributed by atoms with van der Waals surface area (Å²) in [6, 6.07) is 0.833. The normalized spacial score (nSPS) is 36.4. The van der Waals surface area contributed by atoms with E-state index in [4.69, 9.17) is 0 Å². The Morgan fingerprint density at radius 2 is 1.93 bits per heavy atom. The molecule has 2 rings (SSSR count). The Morgan fingerprint density at radius 1 is 1.21 bits per heavy atom. The molecule has 0 radical (unpaired) electrons. The van der Waals surface area contributed by atoms with E-state index in [0.29, 0.717) is 0 Å². The summed E-state index contributed by atoms with van der Waals surface area (Å²) in [6.45, 7) is 9.95. The van der Waals surface area contributed by atoms with Gasteiger partial charge in [0.1, 0.15) is 0 Å². The van der Waals surface area contributed by atoms with Crippen LogP contribution in [0.4, 0.5) is 0 Å². The van der Waals surface area contributed by atoms with Gasteiger partial charge in [0.25, 0.3) is 0 Å². The zero-order valence-corrected chi connectivity index (χ0v) is 9.63. The summed E-state index contributed by atoms with van der Waals surface area (Å²) in [6.07, 6.45) is 4.18. The summed E-state index contributed by atoms with van der Waals surface area (Å²) >= 11 is 0. The van der Waals surface area contributed by atoms with Crippen LogP contribution in [0, 0.1) is 11.8 Å². The highest BCUT2D eigenvalue weighted by atomic mass is 15.2. The number of nitrogens with one attached hydrogen (secondary N) is 1. The maximum atomic E-state index is 3.44. The predicted molar refractivity (Wildman–Crippen MR) is 60.4 cm³/mol. The fourth-order valence-electron chi connectivity index (χ4n) is 3.04. The Morgan fingerprint density at radius 3 is 2.50 bits per heavy atom. The number of rotatable bonds is 2. The lowest BCUT2D eigenvalue weighted by molar-refractivity contribution is 0.198. The first-order valence-corrected chi connectivity index (χ1v) is 6.20. The summed E-state index contributed by atoms with van der Waals surface area (Å²) in [5, 5.41) is 3.44. The summed E-state index contributed by atoms with van der Waals surface area (Å²) in [7, 11) is 0. The van der Waals surface area contributed by atoms with Crippen LogP contribution in [0.25, 0.3) is 0 Å². The van der Waals surface area contributed by atoms with E-state index in [-0.39, 0.29) is 0 Å². The maximum absolute atomic E-state index is 3.44. The van der Waals surface area contributed by atoms with Crippen molar-refractivity contribution in [3.63, 3.8) is 0 Å². The van der Waals surface area contributed by atoms with E-state index in [9.17, 15) is 0 Å². The molecule has 0 aliphatic carbocycles. The molecule has 2 heterocycles. The van der Waals surface area contributed by atoms with Crippen LogP contribution in [0.15, 0.2) is 0 Å². The number of likely N-dealkylation sites (tertiary alicyclic amines) is 1. The molecule has 0 aromatic carbocycles. The molecule has 2 atom stereocenters. The lowest BCUT2D eigenvalue weighted by Crippen LogP contribution is -2.37. The second kappa shape index (κ2) is 4.63. The first-order valence-electron chi connectivity index (χ1n) is 6.20. The van der Waals surface area contributed by atoms with Gasteiger partial charge in [0, 0.05) is 19.1 Å². The molecule has 0 aromatic rings. The van der Waals surface area contributed by atoms with Gasteiger partial charge < -0.3 is 10.2 Å². The topological polar surface area (TPSA) is 15.3 Å². The minimum atomic E-state index is 0.833. The highest BCUT2D eigenvalue weighted by molar-refractivity contribution is 4.82. The van der Waals surface area contributed by atoms with Gasteiger partial charge >= 0.3 is 0 Å². The van der Waals surface area contributed by atoms with Gasteiger partial charge in [0.15, 0.2) is 0 Å². The number of nitrogens with zero attached hydrogens (tertiary/aromatic N) is 1. The number of hydrogen-bond donors (Lipinski definition) is 1. The zero-order chi connectivity index (χ0) is 9.97. The van der Waals surface area contributed by atoms with Crippen LogP contribution >= 0.6 is 0 Å². The van der Waals surface area contributed by atoms with Crippen molar-refractivity contribution in [1.29, 1.82) is 0 Å². The van der Waals surface area contributed by atoms with Crippen molar-refractivity contribution >= 4 is 0 Å². The SMILES string of the molecule is CC1CC(C)N(CC2CCNCC2)C1. The van der Waals surface area contributed by atoms with Crippen molar-refractivity contribution in [3.05, 3.63) is 0 Å². The van der Waals surface area contributed by atoms with Crippen LogP contribution in [0.2, 0.25) is 0 Å². The third kappa shape index (κ3) is 2.48. The quantitative estimate of drug-likeness (QED) is 0.723. The highest BCUT2D eigenvalue weighted by Crippen LogP contribution is 2.25. The molecule has 0 saturated carbocycles. The van der Waals surface area contributed by atoms with Crippen molar-refractivity contribution in [2.24, 2.45) is 11.8 Å². The van der Waals surface area contributed by atoms with Crippen LogP contribution < -0.4 is 5.32 Å². The van der Waals surface area contributed by atoms with Crippen molar-refractivity contribution < 1.29 is 0 Å². The second-order valence-corrected chi connectivity index (χ2v) is 5.34. The van der Waals surface area contributed by atoms with Crippen LogP contribution in [0.5, 0.6) is 0 Å². The Balaban J connectivity index is 1.78. The minimum Gasteiger partial charge on any atom is -0.317 e. The fraction of sp³-hybridized carbons (Fsp3) is 1.00. The van der Waals surface area contributed by atoms with E-state index in [2.05, 4.69) is 24.1 Å². The average Bonchev–Trinajstić information content (AvgIpc) is 2.47. The lowest BCUT2D eigenvalue weighted by Gasteiger charge is -2.29. The lowest BCUT2D eigenvalue weighted by atomic mass is 9.97. The smallest absolute Gasteiger partial charge is 0.00701 e. The molecular weight excluding hydrogens is 172 g/mol. The van der Waals surface area contributed by atoms with Crippen LogP contribution in [-0.4, -0.2) is 37.1 Å². The first kappa shape index (κ1) is 10.4. The number of hydrogen-bond acceptors (Lipinski definition) is 2. The number of piperidine rings is 1. The Bertz CT molecular complexity index is 175. The molecular formula is C12H24N2. The molecule has 2 aliphatic heterocycles. The molecule has 2 aliphatic rings. The van der Waals surface area contributed by atoms with Crippen molar-refractivity contribution in [2.45, 2.75) is 39.2 Å². The van der Waals surface area contributed by atoms with Crippen LogP contribution in [0.3, 0.4) is 0 Å². The van der Waals surface area contributed by atoms with Gasteiger partial charge in [-0.05, 0) is 51.1 Å². The first-order chi connectivity index (χ1) is 6.75. The fourth-order valence-corrected chi connectivity index (χ4v) is 3.04. The second-order valence-electron chi connectivity index (χ2n) is 5.34. The van der Waals surface area contributed by atoms with E-state index in [1.165, 1.54) is 45.4 Å². The molecule has 2 nitrogen and oxygen atoms in total. The molecule has 2 fully saturated rings. The van der Waals surface area contributed by atoms with Crippen LogP contribution in [-0.2, 0) is 0 Å². The van der Waals surface area contributed by atoms with Crippen molar-refractivity contribution in [2.75, 3.05) is 26.2 Å². The summed E-state index contributed by atoms with van der Waals surface area (Å²) in [5.74, 6) is 1.88. The maximum Gasteiger partial charge on any atom is 0.00701 e. The Kier molecular flexibility index (Phi) is 3.45. The standard InChI is InChI=1S/C12H24N2/c1-10-7-11(2)14(8-10)9-12-3-5-13-6-4-12/h10-13H,3-9H2,1-2H3. The summed E-state index contributed by atoms with van der Waals surface area (Å²) < 4.78 is 0. The molecule has 1 N–H and O–H groups in total. The van der Waals surface area contributed by atoms with Gasteiger partial charge in [0.05, 0.1) is 0 Å². The Labute approximate surface area is 88.1 Å². The van der Waals surface area contributed by atoms with Gasteiger partial charge in [0.2, 0.25) is 0 Å². The Hall–Kier alpha value is -0.0800. The molecule has 14 heavy (non-hydrogen) atoms. The van der Waals surface area contributed by atoms with Gasteiger partial charge in [-0.1, -0.05) is 6.92 Å². The summed E-state index contributed by atoms with van der Waals surface area (Å²) in [4.78, 5) is 2.71. The molecule has 82 valence electrons. The molecule has 0 bridgehead atoms. The van der Waals surface area contributed by atoms with E-state index >= 15 is 0 Å². The van der Waals surface area contributed by atoms with E-state index < -0.39 is 0 Å².